The summed E-state index contributed by atoms with van der Waals surface area (Å²) in [5, 5.41) is 26.3. The molecule has 132 valence electrons. The molecular formula is C10H14N5O8P. The number of phosphoric ester groups is 1. The fourth-order valence-electron chi connectivity index (χ4n) is 2.94. The number of anilines is 3. The molecule has 0 radical (unpaired) electrons. The van der Waals surface area contributed by atoms with Gasteiger partial charge in [-0.2, -0.15) is 4.98 Å². The van der Waals surface area contributed by atoms with Crippen molar-refractivity contribution in [2.45, 2.75) is 30.3 Å². The standard InChI is InChI=1S/C10H14N5O8P/c11-9-14-6-3(7(16)15-9)12-4-8(13-6)22-2-1-21-24(19,20)23-5(2)10(4,17)18/h2,4-5,8,12,17-18H,1H2,(H,19,20)(H4,11,13,14,15,16). The zero-order valence-electron chi connectivity index (χ0n) is 11.9. The zero-order valence-corrected chi connectivity index (χ0v) is 12.8. The van der Waals surface area contributed by atoms with Crippen molar-refractivity contribution >= 4 is 25.3 Å². The molecule has 0 aromatic carbocycles. The van der Waals surface area contributed by atoms with Crippen LogP contribution in [0.4, 0.5) is 17.5 Å². The van der Waals surface area contributed by atoms with Crippen LogP contribution in [0, 0.1) is 0 Å². The quantitative estimate of drug-likeness (QED) is 0.189. The largest absolute Gasteiger partial charge is 0.472 e. The molecule has 2 fully saturated rings. The van der Waals surface area contributed by atoms with Crippen molar-refractivity contribution in [2.75, 3.05) is 23.0 Å². The molecule has 5 unspecified atom stereocenters. The third-order valence-electron chi connectivity index (χ3n) is 4.00. The third kappa shape index (κ3) is 2.29. The minimum absolute atomic E-state index is 0.0669. The Morgan fingerprint density at radius 2 is 2.12 bits per heavy atom. The number of fused-ring (bicyclic) bond motifs is 3. The van der Waals surface area contributed by atoms with Gasteiger partial charge in [0.05, 0.1) is 6.61 Å². The molecule has 4 rings (SSSR count). The van der Waals surface area contributed by atoms with E-state index in [1.165, 1.54) is 0 Å². The smallest absolute Gasteiger partial charge is 0.369 e. The molecule has 5 atom stereocenters. The molecule has 4 heterocycles. The summed E-state index contributed by atoms with van der Waals surface area (Å²) in [4.78, 5) is 27.5. The van der Waals surface area contributed by atoms with E-state index in [0.717, 1.165) is 0 Å². The number of nitrogens with one attached hydrogen (secondary N) is 3. The van der Waals surface area contributed by atoms with Gasteiger partial charge in [0.15, 0.2) is 18.1 Å². The van der Waals surface area contributed by atoms with Crippen LogP contribution in [0.5, 0.6) is 0 Å². The molecule has 14 heteroatoms. The Kier molecular flexibility index (Phi) is 3.22. The lowest BCUT2D eigenvalue weighted by molar-refractivity contribution is -0.312. The number of hydrogen-bond donors (Lipinski definition) is 7. The molecule has 0 amide bonds. The number of hydrogen-bond acceptors (Lipinski definition) is 11. The molecule has 1 aromatic heterocycles. The van der Waals surface area contributed by atoms with Crippen LogP contribution in [0.15, 0.2) is 4.79 Å². The summed E-state index contributed by atoms with van der Waals surface area (Å²) in [5.41, 5.74) is 4.75. The highest BCUT2D eigenvalue weighted by Gasteiger charge is 2.61. The molecule has 0 aliphatic carbocycles. The zero-order chi connectivity index (χ0) is 17.3. The number of aliphatic hydroxyl groups is 2. The molecule has 0 saturated carbocycles. The number of nitrogens with two attached hydrogens (primary N) is 1. The van der Waals surface area contributed by atoms with Crippen molar-refractivity contribution < 1.29 is 33.5 Å². The van der Waals surface area contributed by atoms with E-state index in [1.54, 1.807) is 0 Å². The van der Waals surface area contributed by atoms with Crippen LogP contribution in [0.1, 0.15) is 0 Å². The fraction of sp³-hybridized carbons (Fsp3) is 0.600. The van der Waals surface area contributed by atoms with E-state index in [2.05, 4.69) is 25.1 Å². The van der Waals surface area contributed by atoms with Gasteiger partial charge in [-0.1, -0.05) is 0 Å². The maximum atomic E-state index is 11.9. The number of ether oxygens (including phenoxy) is 1. The molecule has 3 aliphatic heterocycles. The van der Waals surface area contributed by atoms with E-state index < -0.39 is 43.6 Å². The minimum atomic E-state index is -4.43. The van der Waals surface area contributed by atoms with Crippen LogP contribution in [0.3, 0.4) is 0 Å². The molecule has 0 spiro atoms. The number of aromatic nitrogens is 2. The predicted octanol–water partition coefficient (Wildman–Crippen LogP) is -2.52. The van der Waals surface area contributed by atoms with Gasteiger partial charge in [0, 0.05) is 0 Å². The van der Waals surface area contributed by atoms with Gasteiger partial charge in [0.1, 0.15) is 17.8 Å². The highest BCUT2D eigenvalue weighted by molar-refractivity contribution is 7.47. The second-order valence-electron chi connectivity index (χ2n) is 5.61. The summed E-state index contributed by atoms with van der Waals surface area (Å²) in [5.74, 6) is -2.71. The van der Waals surface area contributed by atoms with E-state index in [9.17, 15) is 24.5 Å². The van der Waals surface area contributed by atoms with Gasteiger partial charge in [-0.05, 0) is 0 Å². The Morgan fingerprint density at radius 3 is 2.88 bits per heavy atom. The monoisotopic (exact) mass is 363 g/mol. The lowest BCUT2D eigenvalue weighted by Gasteiger charge is -2.52. The predicted molar refractivity (Wildman–Crippen MR) is 76.8 cm³/mol. The average Bonchev–Trinajstić information content (AvgIpc) is 2.47. The van der Waals surface area contributed by atoms with Gasteiger partial charge in [0.2, 0.25) is 11.7 Å². The van der Waals surface area contributed by atoms with E-state index >= 15 is 0 Å². The van der Waals surface area contributed by atoms with Crippen molar-refractivity contribution in [1.29, 1.82) is 0 Å². The Bertz CT molecular complexity index is 798. The summed E-state index contributed by atoms with van der Waals surface area (Å²) in [7, 11) is -4.43. The first-order valence-corrected chi connectivity index (χ1v) is 8.36. The fourth-order valence-corrected chi connectivity index (χ4v) is 3.92. The van der Waals surface area contributed by atoms with Crippen LogP contribution in [-0.2, 0) is 18.3 Å². The number of rotatable bonds is 0. The maximum absolute atomic E-state index is 11.9. The van der Waals surface area contributed by atoms with Crippen molar-refractivity contribution in [2.24, 2.45) is 0 Å². The lowest BCUT2D eigenvalue weighted by Crippen LogP contribution is -2.73. The summed E-state index contributed by atoms with van der Waals surface area (Å²) < 4.78 is 26.5. The van der Waals surface area contributed by atoms with Crippen LogP contribution < -0.4 is 21.9 Å². The second-order valence-corrected chi connectivity index (χ2v) is 7.02. The molecule has 13 nitrogen and oxygen atoms in total. The number of nitrogens with zero attached hydrogens (tertiary/aromatic N) is 1. The molecule has 24 heavy (non-hydrogen) atoms. The van der Waals surface area contributed by atoms with Crippen LogP contribution >= 0.6 is 7.82 Å². The van der Waals surface area contributed by atoms with E-state index in [-0.39, 0.29) is 24.1 Å². The van der Waals surface area contributed by atoms with Crippen LogP contribution in [-0.4, -0.2) is 61.9 Å². The van der Waals surface area contributed by atoms with E-state index in [1.807, 2.05) is 0 Å². The van der Waals surface area contributed by atoms with Crippen molar-refractivity contribution in [3.63, 3.8) is 0 Å². The van der Waals surface area contributed by atoms with E-state index in [0.29, 0.717) is 0 Å². The summed E-state index contributed by atoms with van der Waals surface area (Å²) >= 11 is 0. The normalized spacial score (nSPS) is 39.6. The molecule has 0 bridgehead atoms. The highest BCUT2D eigenvalue weighted by atomic mass is 31.2. The third-order valence-corrected chi connectivity index (χ3v) is 4.97. The first-order chi connectivity index (χ1) is 11.2. The lowest BCUT2D eigenvalue weighted by atomic mass is 9.91. The van der Waals surface area contributed by atoms with Gasteiger partial charge in [-0.3, -0.25) is 18.8 Å². The van der Waals surface area contributed by atoms with Crippen LogP contribution in [0.25, 0.3) is 0 Å². The SMILES string of the molecule is Nc1nc2c(c(=O)[nH]1)NC1C(N2)OC2COP(=O)(O)OC2C1(O)O. The van der Waals surface area contributed by atoms with Gasteiger partial charge in [-0.25, -0.2) is 4.57 Å². The van der Waals surface area contributed by atoms with Crippen molar-refractivity contribution in [3.05, 3.63) is 10.4 Å². The molecule has 3 aliphatic rings. The Morgan fingerprint density at radius 1 is 1.38 bits per heavy atom. The number of phosphoric acid groups is 1. The van der Waals surface area contributed by atoms with Gasteiger partial charge >= 0.3 is 7.82 Å². The first kappa shape index (κ1) is 15.8. The van der Waals surface area contributed by atoms with Gasteiger partial charge in [0.25, 0.3) is 5.56 Å². The summed E-state index contributed by atoms with van der Waals surface area (Å²) in [6.45, 7) is -0.385. The topological polar surface area (TPSA) is 201 Å². The maximum Gasteiger partial charge on any atom is 0.472 e. The minimum Gasteiger partial charge on any atom is -0.369 e. The highest BCUT2D eigenvalue weighted by Crippen LogP contribution is 2.52. The van der Waals surface area contributed by atoms with Gasteiger partial charge in [-0.15, -0.1) is 0 Å². The number of nitrogen functional groups attached to an aromatic ring is 1. The number of aromatic amines is 1. The molecule has 1 aromatic rings. The summed E-state index contributed by atoms with van der Waals surface area (Å²) in [6.07, 6.45) is -3.64. The molecule has 8 N–H and O–H groups in total. The molecular weight excluding hydrogens is 349 g/mol. The Hall–Kier alpha value is -1.73. The summed E-state index contributed by atoms with van der Waals surface area (Å²) in [6, 6.07) is -1.30. The van der Waals surface area contributed by atoms with Gasteiger partial charge < -0.3 is 36.2 Å². The average molecular weight is 363 g/mol. The van der Waals surface area contributed by atoms with Crippen LogP contribution in [0.2, 0.25) is 0 Å². The molecule has 2 saturated heterocycles. The Balaban J connectivity index is 1.73. The van der Waals surface area contributed by atoms with E-state index in [4.69, 9.17) is 15.0 Å². The number of H-pyrrole nitrogens is 1. The second kappa shape index (κ2) is 4.89. The first-order valence-electron chi connectivity index (χ1n) is 6.86. The Labute approximate surface area is 133 Å². The van der Waals surface area contributed by atoms with Crippen molar-refractivity contribution in [3.8, 4) is 0 Å². The van der Waals surface area contributed by atoms with Crippen molar-refractivity contribution in [1.82, 2.24) is 9.97 Å².